The van der Waals surface area contributed by atoms with E-state index < -0.39 is 10.0 Å². The van der Waals surface area contributed by atoms with Crippen molar-refractivity contribution in [1.29, 1.82) is 0 Å². The number of aryl methyl sites for hydroxylation is 3. The third-order valence-electron chi connectivity index (χ3n) is 5.17. The normalized spacial score (nSPS) is 17.5. The zero-order chi connectivity index (χ0) is 18.5. The second-order valence-corrected chi connectivity index (χ2v) is 8.57. The summed E-state index contributed by atoms with van der Waals surface area (Å²) in [6, 6.07) is 4.76. The standard InChI is InChI=1S/C17H21N5O3S/c1-20-14-4-3-13(10-15(14)21(2)17(20)23)26(24,25)19-11-12-5-7-22-8-6-18-16(22)9-12/h3-4,6,8,10,12,19H,5,7,9,11H2,1-2H3/t12-/m0/s1. The Labute approximate surface area is 151 Å². The van der Waals surface area contributed by atoms with Gasteiger partial charge in [-0.2, -0.15) is 0 Å². The molecule has 0 aliphatic carbocycles. The van der Waals surface area contributed by atoms with Crippen molar-refractivity contribution in [2.75, 3.05) is 6.54 Å². The lowest BCUT2D eigenvalue weighted by atomic mass is 9.98. The quantitative estimate of drug-likeness (QED) is 0.724. The van der Waals surface area contributed by atoms with Crippen LogP contribution < -0.4 is 10.4 Å². The Kier molecular flexibility index (Phi) is 4.00. The van der Waals surface area contributed by atoms with E-state index >= 15 is 0 Å². The van der Waals surface area contributed by atoms with E-state index in [1.165, 1.54) is 15.2 Å². The van der Waals surface area contributed by atoms with Crippen molar-refractivity contribution in [2.24, 2.45) is 20.0 Å². The molecule has 3 aromatic rings. The fourth-order valence-electron chi connectivity index (χ4n) is 3.55. The molecule has 0 radical (unpaired) electrons. The maximum Gasteiger partial charge on any atom is 0.328 e. The van der Waals surface area contributed by atoms with Gasteiger partial charge in [-0.25, -0.2) is 22.9 Å². The average Bonchev–Trinajstić information content (AvgIpc) is 3.19. The third-order valence-corrected chi connectivity index (χ3v) is 6.59. The molecular formula is C17H21N5O3S. The van der Waals surface area contributed by atoms with Gasteiger partial charge in [-0.1, -0.05) is 0 Å². The number of fused-ring (bicyclic) bond motifs is 2. The molecule has 8 nitrogen and oxygen atoms in total. The van der Waals surface area contributed by atoms with Crippen LogP contribution in [-0.2, 0) is 37.1 Å². The van der Waals surface area contributed by atoms with E-state index in [1.54, 1.807) is 32.4 Å². The smallest absolute Gasteiger partial charge is 0.328 e. The Hall–Kier alpha value is -2.39. The number of nitrogens with one attached hydrogen (secondary N) is 1. The van der Waals surface area contributed by atoms with Gasteiger partial charge in [0.25, 0.3) is 0 Å². The first-order valence-electron chi connectivity index (χ1n) is 8.52. The van der Waals surface area contributed by atoms with Crippen molar-refractivity contribution in [3.05, 3.63) is 46.9 Å². The summed E-state index contributed by atoms with van der Waals surface area (Å²) < 4.78 is 33.2. The summed E-state index contributed by atoms with van der Waals surface area (Å²) >= 11 is 0. The number of hydrogen-bond acceptors (Lipinski definition) is 4. The highest BCUT2D eigenvalue weighted by molar-refractivity contribution is 7.89. The number of hydrogen-bond donors (Lipinski definition) is 1. The van der Waals surface area contributed by atoms with Gasteiger partial charge in [0, 0.05) is 46.0 Å². The third kappa shape index (κ3) is 2.77. The molecule has 0 unspecified atom stereocenters. The zero-order valence-corrected chi connectivity index (χ0v) is 15.5. The minimum absolute atomic E-state index is 0.170. The molecule has 0 saturated carbocycles. The first kappa shape index (κ1) is 17.0. The molecular weight excluding hydrogens is 354 g/mol. The van der Waals surface area contributed by atoms with E-state index in [2.05, 4.69) is 14.3 Å². The highest BCUT2D eigenvalue weighted by Gasteiger charge is 2.22. The van der Waals surface area contributed by atoms with Crippen LogP contribution in [0.1, 0.15) is 12.2 Å². The van der Waals surface area contributed by atoms with Crippen molar-refractivity contribution in [3.8, 4) is 0 Å². The van der Waals surface area contributed by atoms with Crippen LogP contribution in [-0.4, -0.2) is 33.6 Å². The predicted octanol–water partition coefficient (Wildman–Crippen LogP) is 0.614. The molecule has 1 atom stereocenters. The largest absolute Gasteiger partial charge is 0.335 e. The fraction of sp³-hybridized carbons (Fsp3) is 0.412. The van der Waals surface area contributed by atoms with Crippen LogP contribution in [0, 0.1) is 5.92 Å². The second-order valence-electron chi connectivity index (χ2n) is 6.80. The minimum atomic E-state index is -3.64. The summed E-state index contributed by atoms with van der Waals surface area (Å²) in [5, 5.41) is 0. The van der Waals surface area contributed by atoms with Gasteiger partial charge >= 0.3 is 5.69 Å². The zero-order valence-electron chi connectivity index (χ0n) is 14.7. The van der Waals surface area contributed by atoms with Crippen molar-refractivity contribution < 1.29 is 8.42 Å². The SMILES string of the molecule is Cn1c(=O)n(C)c2cc(S(=O)(=O)NC[C@H]3CCn4ccnc4C3)ccc21. The fourth-order valence-corrected chi connectivity index (χ4v) is 4.69. The molecule has 3 heterocycles. The van der Waals surface area contributed by atoms with Gasteiger partial charge in [-0.3, -0.25) is 9.13 Å². The second kappa shape index (κ2) is 6.10. The van der Waals surface area contributed by atoms with Gasteiger partial charge in [-0.05, 0) is 30.5 Å². The van der Waals surface area contributed by atoms with Crippen LogP contribution in [0.2, 0.25) is 0 Å². The van der Waals surface area contributed by atoms with Crippen LogP contribution >= 0.6 is 0 Å². The van der Waals surface area contributed by atoms with Gasteiger partial charge in [0.15, 0.2) is 0 Å². The summed E-state index contributed by atoms with van der Waals surface area (Å²) in [4.78, 5) is 16.5. The van der Waals surface area contributed by atoms with Crippen molar-refractivity contribution >= 4 is 21.1 Å². The van der Waals surface area contributed by atoms with Crippen LogP contribution in [0.3, 0.4) is 0 Å². The lowest BCUT2D eigenvalue weighted by Crippen LogP contribution is -2.33. The molecule has 26 heavy (non-hydrogen) atoms. The van der Waals surface area contributed by atoms with E-state index in [4.69, 9.17) is 0 Å². The Morgan fingerprint density at radius 1 is 1.23 bits per heavy atom. The average molecular weight is 375 g/mol. The number of rotatable bonds is 4. The lowest BCUT2D eigenvalue weighted by Gasteiger charge is -2.23. The van der Waals surface area contributed by atoms with Crippen LogP contribution in [0.15, 0.2) is 40.3 Å². The first-order valence-corrected chi connectivity index (χ1v) is 10.0. The summed E-state index contributed by atoms with van der Waals surface area (Å²) in [5.41, 5.74) is 1.12. The van der Waals surface area contributed by atoms with Crippen molar-refractivity contribution in [1.82, 2.24) is 23.4 Å². The van der Waals surface area contributed by atoms with Gasteiger partial charge in [0.2, 0.25) is 10.0 Å². The Morgan fingerprint density at radius 3 is 2.81 bits per heavy atom. The number of aromatic nitrogens is 4. The number of nitrogens with zero attached hydrogens (tertiary/aromatic N) is 4. The lowest BCUT2D eigenvalue weighted by molar-refractivity contribution is 0.379. The molecule has 1 N–H and O–H groups in total. The monoisotopic (exact) mass is 375 g/mol. The Balaban J connectivity index is 1.54. The van der Waals surface area contributed by atoms with Gasteiger partial charge in [0.05, 0.1) is 15.9 Å². The van der Waals surface area contributed by atoms with Crippen molar-refractivity contribution in [2.45, 2.75) is 24.3 Å². The van der Waals surface area contributed by atoms with E-state index in [-0.39, 0.29) is 16.5 Å². The predicted molar refractivity (Wildman–Crippen MR) is 97.4 cm³/mol. The molecule has 0 spiro atoms. The molecule has 1 aliphatic rings. The van der Waals surface area contributed by atoms with Gasteiger partial charge in [-0.15, -0.1) is 0 Å². The molecule has 0 saturated heterocycles. The van der Waals surface area contributed by atoms with Crippen LogP contribution in [0.25, 0.3) is 11.0 Å². The molecule has 1 aliphatic heterocycles. The van der Waals surface area contributed by atoms with Crippen LogP contribution in [0.5, 0.6) is 0 Å². The molecule has 0 fully saturated rings. The highest BCUT2D eigenvalue weighted by atomic mass is 32.2. The van der Waals surface area contributed by atoms with E-state index in [0.717, 1.165) is 25.2 Å². The first-order chi connectivity index (χ1) is 12.4. The van der Waals surface area contributed by atoms with Crippen molar-refractivity contribution in [3.63, 3.8) is 0 Å². The van der Waals surface area contributed by atoms with E-state index in [9.17, 15) is 13.2 Å². The van der Waals surface area contributed by atoms with E-state index in [1.807, 2.05) is 6.20 Å². The number of benzene rings is 1. The summed E-state index contributed by atoms with van der Waals surface area (Å²) in [6.07, 6.45) is 5.41. The summed E-state index contributed by atoms with van der Waals surface area (Å²) in [7, 11) is -0.329. The van der Waals surface area contributed by atoms with Crippen LogP contribution in [0.4, 0.5) is 0 Å². The summed E-state index contributed by atoms with van der Waals surface area (Å²) in [5.74, 6) is 1.23. The number of imidazole rings is 2. The molecule has 4 rings (SSSR count). The molecule has 138 valence electrons. The van der Waals surface area contributed by atoms with E-state index in [0.29, 0.717) is 17.6 Å². The molecule has 9 heteroatoms. The Morgan fingerprint density at radius 2 is 2.00 bits per heavy atom. The minimum Gasteiger partial charge on any atom is -0.335 e. The maximum atomic E-state index is 12.7. The molecule has 1 aromatic carbocycles. The van der Waals surface area contributed by atoms with Gasteiger partial charge < -0.3 is 4.57 Å². The highest BCUT2D eigenvalue weighted by Crippen LogP contribution is 2.21. The number of sulfonamides is 1. The molecule has 0 amide bonds. The Bertz CT molecular complexity index is 1140. The summed E-state index contributed by atoms with van der Waals surface area (Å²) in [6.45, 7) is 1.24. The molecule has 0 bridgehead atoms. The van der Waals surface area contributed by atoms with Gasteiger partial charge in [0.1, 0.15) is 5.82 Å². The maximum absolute atomic E-state index is 12.7. The molecule has 2 aromatic heterocycles. The topological polar surface area (TPSA) is 90.9 Å².